The summed E-state index contributed by atoms with van der Waals surface area (Å²) in [6.45, 7) is 3.33. The van der Waals surface area contributed by atoms with Gasteiger partial charge in [0.25, 0.3) is 6.43 Å². The minimum atomic E-state index is -2.45. The first-order chi connectivity index (χ1) is 16.1. The van der Waals surface area contributed by atoms with Crippen molar-refractivity contribution in [1.29, 1.82) is 0 Å². The topological polar surface area (TPSA) is 80.3 Å². The molecule has 0 aliphatic heterocycles. The van der Waals surface area contributed by atoms with Gasteiger partial charge in [-0.3, -0.25) is 4.79 Å². The maximum atomic E-state index is 13.1. The van der Waals surface area contributed by atoms with Gasteiger partial charge >= 0.3 is 0 Å². The molecule has 1 saturated carbocycles. The minimum absolute atomic E-state index is 0.138. The summed E-state index contributed by atoms with van der Waals surface area (Å²) in [6, 6.07) is 7.74. The van der Waals surface area contributed by atoms with Crippen LogP contribution in [0.2, 0.25) is 0 Å². The van der Waals surface area contributed by atoms with Crippen LogP contribution in [0.15, 0.2) is 36.7 Å². The van der Waals surface area contributed by atoms with Crippen molar-refractivity contribution in [1.82, 2.24) is 29.0 Å². The van der Waals surface area contributed by atoms with Gasteiger partial charge in [-0.2, -0.15) is 0 Å². The van der Waals surface area contributed by atoms with Crippen LogP contribution in [-0.2, 0) is 11.3 Å². The molecule has 3 heterocycles. The largest absolute Gasteiger partial charge is 0.350 e. The molecule has 5 rings (SSSR count). The number of aromatic nitrogens is 5. The summed E-state index contributed by atoms with van der Waals surface area (Å²) in [4.78, 5) is 22.9. The molecule has 0 unspecified atom stereocenters. The highest BCUT2D eigenvalue weighted by Gasteiger charge is 2.47. The Morgan fingerprint density at radius 2 is 2.03 bits per heavy atom. The van der Waals surface area contributed by atoms with E-state index < -0.39 is 6.43 Å². The van der Waals surface area contributed by atoms with E-state index in [2.05, 4.69) is 20.4 Å². The van der Waals surface area contributed by atoms with Crippen LogP contribution in [-0.4, -0.2) is 61.5 Å². The second-order valence-corrected chi connectivity index (χ2v) is 9.51. The van der Waals surface area contributed by atoms with Crippen LogP contribution in [0.5, 0.6) is 0 Å². The molecule has 0 saturated heterocycles. The molecule has 1 aliphatic carbocycles. The number of benzene rings is 1. The molecule has 3 aromatic heterocycles. The van der Waals surface area contributed by atoms with Gasteiger partial charge in [0.15, 0.2) is 0 Å². The highest BCUT2D eigenvalue weighted by molar-refractivity contribution is 5.88. The third-order valence-electron chi connectivity index (χ3n) is 6.64. The molecular formula is C24H27F2N7O. The molecule has 10 heteroatoms. The van der Waals surface area contributed by atoms with Gasteiger partial charge in [-0.15, -0.1) is 5.10 Å². The summed E-state index contributed by atoms with van der Waals surface area (Å²) in [7, 11) is 3.56. The number of nitrogens with zero attached hydrogens (tertiary/aromatic N) is 6. The van der Waals surface area contributed by atoms with Gasteiger partial charge in [0.2, 0.25) is 11.9 Å². The zero-order chi connectivity index (χ0) is 24.2. The van der Waals surface area contributed by atoms with Crippen LogP contribution >= 0.6 is 0 Å². The van der Waals surface area contributed by atoms with Crippen LogP contribution in [0.1, 0.15) is 25.6 Å². The smallest absolute Gasteiger partial charge is 0.256 e. The lowest BCUT2D eigenvalue weighted by Gasteiger charge is -2.45. The fourth-order valence-corrected chi connectivity index (χ4v) is 5.02. The van der Waals surface area contributed by atoms with Crippen LogP contribution in [0.3, 0.4) is 0 Å². The van der Waals surface area contributed by atoms with Gasteiger partial charge in [-0.1, -0.05) is 13.0 Å². The maximum Gasteiger partial charge on any atom is 0.256 e. The fraction of sp³-hybridized carbons (Fsp3) is 0.417. The van der Waals surface area contributed by atoms with Crippen LogP contribution in [0.25, 0.3) is 27.7 Å². The lowest BCUT2D eigenvalue weighted by Crippen LogP contribution is -2.52. The minimum Gasteiger partial charge on any atom is -0.350 e. The molecule has 1 fully saturated rings. The molecule has 1 N–H and O–H groups in total. The highest BCUT2D eigenvalue weighted by atomic mass is 19.3. The molecule has 0 spiro atoms. The van der Waals surface area contributed by atoms with E-state index in [-0.39, 0.29) is 23.9 Å². The van der Waals surface area contributed by atoms with E-state index in [4.69, 9.17) is 0 Å². The van der Waals surface area contributed by atoms with E-state index in [1.54, 1.807) is 41.2 Å². The number of halogens is 2. The molecule has 1 aromatic carbocycles. The monoisotopic (exact) mass is 467 g/mol. The van der Waals surface area contributed by atoms with Crippen molar-refractivity contribution in [3.05, 3.63) is 42.5 Å². The first-order valence-electron chi connectivity index (χ1n) is 11.2. The van der Waals surface area contributed by atoms with Gasteiger partial charge in [-0.25, -0.2) is 23.3 Å². The summed E-state index contributed by atoms with van der Waals surface area (Å²) < 4.78 is 29.4. The number of carbonyl (C=O) groups is 1. The number of nitrogens with one attached hydrogen (secondary N) is 1. The number of amides is 1. The number of rotatable bonds is 6. The van der Waals surface area contributed by atoms with Crippen molar-refractivity contribution in [3.63, 3.8) is 0 Å². The Bertz CT molecular complexity index is 1390. The molecular weight excluding hydrogens is 440 g/mol. The Morgan fingerprint density at radius 1 is 1.26 bits per heavy atom. The predicted octanol–water partition coefficient (Wildman–Crippen LogP) is 3.99. The summed E-state index contributed by atoms with van der Waals surface area (Å²) in [5.41, 5.74) is 3.61. The Morgan fingerprint density at radius 3 is 2.74 bits per heavy atom. The van der Waals surface area contributed by atoms with Gasteiger partial charge in [0.1, 0.15) is 5.82 Å². The number of aryl methyl sites for hydroxylation is 1. The fourth-order valence-electron chi connectivity index (χ4n) is 5.02. The van der Waals surface area contributed by atoms with E-state index in [1.165, 1.54) is 0 Å². The summed E-state index contributed by atoms with van der Waals surface area (Å²) in [6.07, 6.45) is 2.61. The van der Waals surface area contributed by atoms with Crippen molar-refractivity contribution in [2.75, 3.05) is 19.4 Å². The Hall–Kier alpha value is -3.56. The summed E-state index contributed by atoms with van der Waals surface area (Å²) >= 11 is 0. The number of alkyl halides is 2. The Labute approximate surface area is 195 Å². The second-order valence-electron chi connectivity index (χ2n) is 9.51. The molecule has 0 radical (unpaired) electrons. The van der Waals surface area contributed by atoms with Gasteiger partial charge in [0, 0.05) is 31.9 Å². The number of hydrogen-bond donors (Lipinski definition) is 1. The summed E-state index contributed by atoms with van der Waals surface area (Å²) in [5.74, 6) is 1.20. The molecule has 8 nitrogen and oxygen atoms in total. The van der Waals surface area contributed by atoms with E-state index in [0.717, 1.165) is 29.5 Å². The van der Waals surface area contributed by atoms with E-state index >= 15 is 0 Å². The quantitative estimate of drug-likeness (QED) is 0.464. The van der Waals surface area contributed by atoms with Crippen LogP contribution in [0, 0.1) is 12.3 Å². The molecule has 1 amide bonds. The second kappa shape index (κ2) is 8.03. The molecule has 34 heavy (non-hydrogen) atoms. The number of hydrogen-bond acceptors (Lipinski definition) is 5. The zero-order valence-corrected chi connectivity index (χ0v) is 19.6. The zero-order valence-electron chi connectivity index (χ0n) is 19.6. The van der Waals surface area contributed by atoms with Crippen molar-refractivity contribution >= 4 is 28.4 Å². The number of carbonyl (C=O) groups excluding carboxylic acids is 1. The van der Waals surface area contributed by atoms with Crippen LogP contribution < -0.4 is 5.32 Å². The highest BCUT2D eigenvalue weighted by Crippen LogP contribution is 2.43. The average molecular weight is 468 g/mol. The molecule has 1 aliphatic rings. The SMILES string of the molecule is Cc1nc2ccc(-c3ccn4nc(N[C@H]5C[C@@](C)(C(=O)N(C)C)C5)ncc34)cc2n1CC(F)F. The van der Waals surface area contributed by atoms with Gasteiger partial charge < -0.3 is 14.8 Å². The van der Waals surface area contributed by atoms with Gasteiger partial charge in [0.05, 0.1) is 34.7 Å². The van der Waals surface area contributed by atoms with Crippen molar-refractivity contribution in [3.8, 4) is 11.1 Å². The maximum absolute atomic E-state index is 13.1. The third-order valence-corrected chi connectivity index (χ3v) is 6.64. The van der Waals surface area contributed by atoms with E-state index in [0.29, 0.717) is 22.8 Å². The summed E-state index contributed by atoms with van der Waals surface area (Å²) in [5, 5.41) is 7.90. The first-order valence-corrected chi connectivity index (χ1v) is 11.2. The number of fused-ring (bicyclic) bond motifs is 2. The normalized spacial score (nSPS) is 20.1. The Kier molecular flexibility index (Phi) is 5.26. The third kappa shape index (κ3) is 3.76. The lowest BCUT2D eigenvalue weighted by atomic mass is 9.66. The lowest BCUT2D eigenvalue weighted by molar-refractivity contribution is -0.143. The van der Waals surface area contributed by atoms with E-state index in [9.17, 15) is 13.6 Å². The standard InChI is InChI=1S/C24H27F2N7O/c1-14-28-18-6-5-15(9-19(18)32(14)13-21(25)26)17-7-8-33-20(17)12-27-23(30-33)29-16-10-24(2,11-16)22(34)31(3)4/h5-9,12,16,21H,10-11,13H2,1-4H3,(H,29,30)/t16-,24+. The first kappa shape index (κ1) is 22.2. The van der Waals surface area contributed by atoms with Crippen molar-refractivity contribution in [2.24, 2.45) is 5.41 Å². The van der Waals surface area contributed by atoms with E-state index in [1.807, 2.05) is 37.4 Å². The predicted molar refractivity (Wildman–Crippen MR) is 126 cm³/mol. The molecule has 4 aromatic rings. The average Bonchev–Trinajstić information content (AvgIpc) is 3.31. The van der Waals surface area contributed by atoms with Crippen molar-refractivity contribution < 1.29 is 13.6 Å². The molecule has 178 valence electrons. The number of imidazole rings is 1. The number of anilines is 1. The van der Waals surface area contributed by atoms with Crippen LogP contribution in [0.4, 0.5) is 14.7 Å². The molecule has 0 bridgehead atoms. The van der Waals surface area contributed by atoms with Gasteiger partial charge in [-0.05, 0) is 43.5 Å². The molecule has 0 atom stereocenters. The van der Waals surface area contributed by atoms with Crippen molar-refractivity contribution in [2.45, 2.75) is 45.7 Å². The Balaban J connectivity index is 1.38.